The maximum atomic E-state index is 13.8. The van der Waals surface area contributed by atoms with E-state index >= 15 is 0 Å². The smallest absolute Gasteiger partial charge is 0.341 e. The summed E-state index contributed by atoms with van der Waals surface area (Å²) in [5.74, 6) is -1.85. The van der Waals surface area contributed by atoms with E-state index in [0.29, 0.717) is 4.57 Å². The molecule has 5 aromatic rings. The first kappa shape index (κ1) is 25.8. The van der Waals surface area contributed by atoms with Gasteiger partial charge in [0.15, 0.2) is 5.75 Å². The Hall–Kier alpha value is -4.84. The van der Waals surface area contributed by atoms with Crippen LogP contribution < -0.4 is 21.0 Å². The Balaban J connectivity index is 1.91. The van der Waals surface area contributed by atoms with E-state index in [4.69, 9.17) is 4.18 Å². The van der Waals surface area contributed by atoms with Gasteiger partial charge in [-0.2, -0.15) is 8.42 Å². The number of hydrogen-bond donors (Lipinski definition) is 0. The van der Waals surface area contributed by atoms with Crippen molar-refractivity contribution in [2.75, 3.05) is 0 Å². The highest BCUT2D eigenvalue weighted by atomic mass is 32.2. The van der Waals surface area contributed by atoms with Crippen LogP contribution in [0.2, 0.25) is 0 Å². The van der Waals surface area contributed by atoms with E-state index in [1.165, 1.54) is 43.4 Å². The molecule has 0 radical (unpaired) electrons. The van der Waals surface area contributed by atoms with Crippen molar-refractivity contribution in [1.29, 1.82) is 0 Å². The molecule has 2 heterocycles. The minimum absolute atomic E-state index is 0.0367. The van der Waals surface area contributed by atoms with E-state index in [9.17, 15) is 31.6 Å². The van der Waals surface area contributed by atoms with Crippen LogP contribution in [0.4, 0.5) is 8.78 Å². The van der Waals surface area contributed by atoms with Crippen LogP contribution in [0.25, 0.3) is 22.4 Å². The molecule has 0 spiro atoms. The van der Waals surface area contributed by atoms with Gasteiger partial charge in [0.25, 0.3) is 11.1 Å². The zero-order valence-corrected chi connectivity index (χ0v) is 21.3. The van der Waals surface area contributed by atoms with Gasteiger partial charge in [-0.1, -0.05) is 17.7 Å². The molecular weight excluding hydrogens is 532 g/mol. The minimum atomic E-state index is -4.53. The van der Waals surface area contributed by atoms with Gasteiger partial charge in [0, 0.05) is 13.1 Å². The fourth-order valence-corrected chi connectivity index (χ4v) is 5.03. The molecule has 198 valence electrons. The van der Waals surface area contributed by atoms with E-state index in [1.807, 2.05) is 0 Å². The molecule has 0 amide bonds. The van der Waals surface area contributed by atoms with Gasteiger partial charge in [0.05, 0.1) is 11.4 Å². The molecule has 0 aliphatic rings. The Kier molecular flexibility index (Phi) is 6.27. The quantitative estimate of drug-likeness (QED) is 0.311. The Morgan fingerprint density at radius 2 is 1.26 bits per heavy atom. The molecule has 3 aromatic carbocycles. The van der Waals surface area contributed by atoms with E-state index in [-0.39, 0.29) is 21.9 Å². The van der Waals surface area contributed by atoms with Crippen molar-refractivity contribution in [2.24, 2.45) is 7.05 Å². The third kappa shape index (κ3) is 4.55. The van der Waals surface area contributed by atoms with Crippen LogP contribution in [0.3, 0.4) is 0 Å². The molecule has 9 nitrogen and oxygen atoms in total. The molecule has 0 unspecified atom stereocenters. The SMILES string of the molecule is Cc1ccc(S(=O)(=O)Oc2cc(=O)n(C)c3c2c(=O)n(-c2ccc(F)cc2)c(=O)n3-c2ccc(F)cc2)cc1. The molecule has 0 aliphatic heterocycles. The van der Waals surface area contributed by atoms with Crippen LogP contribution in [0.15, 0.2) is 98.1 Å². The molecule has 12 heteroatoms. The fourth-order valence-electron chi connectivity index (χ4n) is 4.09. The highest BCUT2D eigenvalue weighted by molar-refractivity contribution is 7.87. The number of aromatic nitrogens is 3. The second-order valence-electron chi connectivity index (χ2n) is 8.67. The standard InChI is InChI=1S/C27H19F2N3O6S/c1-16-3-13-21(14-4-16)39(36,37)38-22-15-23(33)30(2)25-24(22)26(34)32(20-11-7-18(29)8-12-20)27(35)31(25)19-9-5-17(28)6-10-19/h3-15H,1-2H3. The summed E-state index contributed by atoms with van der Waals surface area (Å²) in [7, 11) is -3.25. The van der Waals surface area contributed by atoms with Gasteiger partial charge in [0.2, 0.25) is 0 Å². The number of rotatable bonds is 5. The van der Waals surface area contributed by atoms with Crippen molar-refractivity contribution >= 4 is 21.2 Å². The lowest BCUT2D eigenvalue weighted by atomic mass is 10.2. The number of fused-ring (bicyclic) bond motifs is 1. The predicted octanol–water partition coefficient (Wildman–Crippen LogP) is 3.19. The summed E-state index contributed by atoms with van der Waals surface area (Å²) in [5, 5.41) is -0.430. The van der Waals surface area contributed by atoms with Gasteiger partial charge >= 0.3 is 15.8 Å². The van der Waals surface area contributed by atoms with Crippen LogP contribution in [0.5, 0.6) is 5.75 Å². The van der Waals surface area contributed by atoms with Gasteiger partial charge in [-0.3, -0.25) is 14.2 Å². The number of pyridine rings is 1. The van der Waals surface area contributed by atoms with Gasteiger partial charge in [-0.25, -0.2) is 22.7 Å². The average Bonchev–Trinajstić information content (AvgIpc) is 2.89. The van der Waals surface area contributed by atoms with E-state index in [2.05, 4.69) is 0 Å². The Bertz CT molecular complexity index is 2030. The van der Waals surface area contributed by atoms with Crippen molar-refractivity contribution < 1.29 is 21.4 Å². The molecule has 0 fully saturated rings. The van der Waals surface area contributed by atoms with Gasteiger partial charge in [-0.05, 0) is 67.6 Å². The van der Waals surface area contributed by atoms with Gasteiger partial charge in [-0.15, -0.1) is 0 Å². The monoisotopic (exact) mass is 551 g/mol. The number of benzene rings is 3. The van der Waals surface area contributed by atoms with Crippen LogP contribution >= 0.6 is 0 Å². The first-order valence-electron chi connectivity index (χ1n) is 11.4. The number of hydrogen-bond acceptors (Lipinski definition) is 6. The zero-order valence-electron chi connectivity index (χ0n) is 20.5. The zero-order chi connectivity index (χ0) is 28.1. The molecule has 0 N–H and O–H groups in total. The number of nitrogens with zero attached hydrogens (tertiary/aromatic N) is 3. The summed E-state index contributed by atoms with van der Waals surface area (Å²) >= 11 is 0. The van der Waals surface area contributed by atoms with Crippen LogP contribution in [0.1, 0.15) is 5.56 Å². The molecular formula is C27H19F2N3O6S. The molecule has 0 atom stereocenters. The van der Waals surface area contributed by atoms with Crippen molar-refractivity contribution in [2.45, 2.75) is 11.8 Å². The van der Waals surface area contributed by atoms with Crippen molar-refractivity contribution in [3.8, 4) is 17.1 Å². The van der Waals surface area contributed by atoms with Crippen molar-refractivity contribution in [3.63, 3.8) is 0 Å². The van der Waals surface area contributed by atoms with Gasteiger partial charge < -0.3 is 4.18 Å². The largest absolute Gasteiger partial charge is 0.378 e. The molecule has 0 saturated carbocycles. The molecule has 2 aromatic heterocycles. The number of aryl methyl sites for hydroxylation is 2. The molecule has 5 rings (SSSR count). The summed E-state index contributed by atoms with van der Waals surface area (Å²) in [6, 6.07) is 15.6. The van der Waals surface area contributed by atoms with E-state index in [0.717, 1.165) is 45.0 Å². The summed E-state index contributed by atoms with van der Waals surface area (Å²) < 4.78 is 61.5. The second kappa shape index (κ2) is 9.48. The lowest BCUT2D eigenvalue weighted by Gasteiger charge is -2.18. The average molecular weight is 552 g/mol. The molecule has 0 bridgehead atoms. The van der Waals surface area contributed by atoms with Gasteiger partial charge in [0.1, 0.15) is 27.6 Å². The van der Waals surface area contributed by atoms with Crippen LogP contribution in [-0.2, 0) is 17.2 Å². The fraction of sp³-hybridized carbons (Fsp3) is 0.0741. The topological polar surface area (TPSA) is 109 Å². The van der Waals surface area contributed by atoms with Crippen molar-refractivity contribution in [3.05, 3.63) is 127 Å². The highest BCUT2D eigenvalue weighted by Crippen LogP contribution is 2.26. The van der Waals surface area contributed by atoms with E-state index in [1.54, 1.807) is 19.1 Å². The first-order chi connectivity index (χ1) is 18.5. The highest BCUT2D eigenvalue weighted by Gasteiger charge is 2.26. The summed E-state index contributed by atoms with van der Waals surface area (Å²) in [6.07, 6.45) is 0. The third-order valence-corrected chi connectivity index (χ3v) is 7.31. The molecule has 0 aliphatic carbocycles. The normalized spacial score (nSPS) is 11.6. The lowest BCUT2D eigenvalue weighted by Crippen LogP contribution is -2.40. The van der Waals surface area contributed by atoms with Crippen molar-refractivity contribution in [1.82, 2.24) is 13.7 Å². The van der Waals surface area contributed by atoms with Crippen LogP contribution in [0, 0.1) is 18.6 Å². The predicted molar refractivity (Wildman–Crippen MR) is 139 cm³/mol. The first-order valence-corrected chi connectivity index (χ1v) is 12.8. The Morgan fingerprint density at radius 1 is 0.744 bits per heavy atom. The van der Waals surface area contributed by atoms with Crippen LogP contribution in [-0.4, -0.2) is 22.1 Å². The molecule has 39 heavy (non-hydrogen) atoms. The summed E-state index contributed by atoms with van der Waals surface area (Å²) in [5.41, 5.74) is -2.26. The maximum absolute atomic E-state index is 13.8. The summed E-state index contributed by atoms with van der Waals surface area (Å²) in [4.78, 5) is 40.3. The second-order valence-corrected chi connectivity index (χ2v) is 10.2. The maximum Gasteiger partial charge on any atom is 0.341 e. The third-order valence-electron chi connectivity index (χ3n) is 6.06. The lowest BCUT2D eigenvalue weighted by molar-refractivity contribution is 0.487. The Morgan fingerprint density at radius 3 is 1.79 bits per heavy atom. The Labute approximate surface area is 219 Å². The summed E-state index contributed by atoms with van der Waals surface area (Å²) in [6.45, 7) is 1.76. The number of halogens is 2. The minimum Gasteiger partial charge on any atom is -0.378 e. The molecule has 0 saturated heterocycles. The van der Waals surface area contributed by atoms with E-state index < -0.39 is 49.7 Å².